The highest BCUT2D eigenvalue weighted by Gasteiger charge is 2.24. The second-order valence-electron chi connectivity index (χ2n) is 4.97. The molecule has 0 bridgehead atoms. The van der Waals surface area contributed by atoms with Crippen molar-refractivity contribution in [2.24, 2.45) is 11.8 Å². The van der Waals surface area contributed by atoms with Crippen molar-refractivity contribution in [2.45, 2.75) is 19.8 Å². The van der Waals surface area contributed by atoms with Gasteiger partial charge in [0.2, 0.25) is 5.91 Å². The predicted octanol–water partition coefficient (Wildman–Crippen LogP) is -0.217. The van der Waals surface area contributed by atoms with Crippen molar-refractivity contribution in [1.82, 2.24) is 10.6 Å². The summed E-state index contributed by atoms with van der Waals surface area (Å²) in [6.07, 6.45) is 2.60. The molecule has 1 amide bonds. The Bertz CT molecular complexity index is 354. The van der Waals surface area contributed by atoms with Crippen molar-refractivity contribution in [3.8, 4) is 0 Å². The quantitative estimate of drug-likeness (QED) is 0.672. The average Bonchev–Trinajstić information content (AvgIpc) is 2.23. The van der Waals surface area contributed by atoms with Gasteiger partial charge in [0, 0.05) is 19.3 Å². The Morgan fingerprint density at radius 1 is 1.41 bits per heavy atom. The molecule has 0 spiro atoms. The first-order valence-corrected chi connectivity index (χ1v) is 8.10. The van der Waals surface area contributed by atoms with E-state index < -0.39 is 9.84 Å². The molecule has 0 radical (unpaired) electrons. The van der Waals surface area contributed by atoms with E-state index in [-0.39, 0.29) is 17.6 Å². The number of nitrogens with one attached hydrogen (secondary N) is 2. The van der Waals surface area contributed by atoms with Crippen LogP contribution in [0.2, 0.25) is 0 Å². The summed E-state index contributed by atoms with van der Waals surface area (Å²) in [6, 6.07) is 0. The van der Waals surface area contributed by atoms with Gasteiger partial charge in [0.15, 0.2) is 0 Å². The molecule has 2 atom stereocenters. The Hall–Kier alpha value is -0.620. The molecule has 0 aromatic rings. The lowest BCUT2D eigenvalue weighted by Gasteiger charge is -2.26. The third-order valence-corrected chi connectivity index (χ3v) is 3.96. The topological polar surface area (TPSA) is 75.3 Å². The van der Waals surface area contributed by atoms with E-state index in [9.17, 15) is 13.2 Å². The minimum Gasteiger partial charge on any atom is -0.356 e. The molecule has 1 aliphatic rings. The number of carbonyl (C=O) groups excluding carboxylic acids is 1. The molecule has 1 fully saturated rings. The summed E-state index contributed by atoms with van der Waals surface area (Å²) in [7, 11) is -2.92. The first-order valence-electron chi connectivity index (χ1n) is 6.04. The number of hydrogen-bond acceptors (Lipinski definition) is 4. The van der Waals surface area contributed by atoms with Crippen molar-refractivity contribution in [3.05, 3.63) is 0 Å². The first-order chi connectivity index (χ1) is 7.88. The van der Waals surface area contributed by atoms with Gasteiger partial charge in [-0.15, -0.1) is 0 Å². The highest BCUT2D eigenvalue weighted by atomic mass is 32.2. The second-order valence-corrected chi connectivity index (χ2v) is 7.23. The Kier molecular flexibility index (Phi) is 5.39. The van der Waals surface area contributed by atoms with Gasteiger partial charge in [0.1, 0.15) is 9.84 Å². The molecule has 1 heterocycles. The van der Waals surface area contributed by atoms with Gasteiger partial charge in [-0.2, -0.15) is 0 Å². The van der Waals surface area contributed by atoms with Crippen LogP contribution in [0.25, 0.3) is 0 Å². The van der Waals surface area contributed by atoms with Crippen molar-refractivity contribution in [2.75, 3.05) is 31.6 Å². The van der Waals surface area contributed by atoms with Crippen LogP contribution in [-0.2, 0) is 14.6 Å². The molecule has 1 saturated heterocycles. The van der Waals surface area contributed by atoms with Crippen LogP contribution in [0.5, 0.6) is 0 Å². The lowest BCUT2D eigenvalue weighted by Crippen LogP contribution is -2.43. The third-order valence-electron chi connectivity index (χ3n) is 2.93. The summed E-state index contributed by atoms with van der Waals surface area (Å²) in [5.41, 5.74) is 0. The molecule has 17 heavy (non-hydrogen) atoms. The van der Waals surface area contributed by atoms with E-state index >= 15 is 0 Å². The number of piperidine rings is 1. The molecule has 0 aliphatic carbocycles. The number of carbonyl (C=O) groups is 1. The maximum absolute atomic E-state index is 11.8. The predicted molar refractivity (Wildman–Crippen MR) is 67.5 cm³/mol. The van der Waals surface area contributed by atoms with Gasteiger partial charge >= 0.3 is 0 Å². The molecule has 1 rings (SSSR count). The summed E-state index contributed by atoms with van der Waals surface area (Å²) in [5, 5.41) is 6.03. The fraction of sp³-hybridized carbons (Fsp3) is 0.909. The van der Waals surface area contributed by atoms with Crippen molar-refractivity contribution in [3.63, 3.8) is 0 Å². The summed E-state index contributed by atoms with van der Waals surface area (Å²) >= 11 is 0. The molecule has 0 saturated carbocycles. The highest BCUT2D eigenvalue weighted by Crippen LogP contribution is 2.15. The van der Waals surface area contributed by atoms with Crippen molar-refractivity contribution >= 4 is 15.7 Å². The van der Waals surface area contributed by atoms with Gasteiger partial charge in [0.05, 0.1) is 11.7 Å². The SMILES string of the molecule is CC1CNCC(C(=O)NCCCS(C)(=O)=O)C1. The molecular weight excluding hydrogens is 240 g/mol. The number of rotatable bonds is 5. The van der Waals surface area contributed by atoms with Crippen LogP contribution >= 0.6 is 0 Å². The van der Waals surface area contributed by atoms with E-state index in [0.29, 0.717) is 18.9 Å². The van der Waals surface area contributed by atoms with E-state index in [4.69, 9.17) is 0 Å². The standard InChI is InChI=1S/C11H22N2O3S/c1-9-6-10(8-12-7-9)11(14)13-4-3-5-17(2,15)16/h9-10,12H,3-8H2,1-2H3,(H,13,14). The third kappa shape index (κ3) is 6.02. The van der Waals surface area contributed by atoms with Crippen LogP contribution in [0, 0.1) is 11.8 Å². The zero-order chi connectivity index (χ0) is 12.9. The number of amides is 1. The van der Waals surface area contributed by atoms with E-state index in [2.05, 4.69) is 17.6 Å². The zero-order valence-electron chi connectivity index (χ0n) is 10.5. The molecular formula is C11H22N2O3S. The largest absolute Gasteiger partial charge is 0.356 e. The Morgan fingerprint density at radius 3 is 2.71 bits per heavy atom. The monoisotopic (exact) mass is 262 g/mol. The smallest absolute Gasteiger partial charge is 0.224 e. The highest BCUT2D eigenvalue weighted by molar-refractivity contribution is 7.90. The van der Waals surface area contributed by atoms with Crippen molar-refractivity contribution < 1.29 is 13.2 Å². The molecule has 5 nitrogen and oxygen atoms in total. The Balaban J connectivity index is 2.20. The van der Waals surface area contributed by atoms with Crippen LogP contribution in [0.3, 0.4) is 0 Å². The minimum absolute atomic E-state index is 0.0250. The summed E-state index contributed by atoms with van der Waals surface area (Å²) in [6.45, 7) is 4.26. The Morgan fingerprint density at radius 2 is 2.12 bits per heavy atom. The maximum Gasteiger partial charge on any atom is 0.224 e. The van der Waals surface area contributed by atoms with Gasteiger partial charge in [-0.1, -0.05) is 6.92 Å². The fourth-order valence-electron chi connectivity index (χ4n) is 2.05. The van der Waals surface area contributed by atoms with E-state index in [1.807, 2.05) is 0 Å². The number of sulfone groups is 1. The summed E-state index contributed by atoms with van der Waals surface area (Å²) in [5.74, 6) is 0.720. The van der Waals surface area contributed by atoms with Crippen LogP contribution in [0.1, 0.15) is 19.8 Å². The lowest BCUT2D eigenvalue weighted by atomic mass is 9.91. The second kappa shape index (κ2) is 6.35. The van der Waals surface area contributed by atoms with Gasteiger partial charge in [-0.25, -0.2) is 8.42 Å². The van der Waals surface area contributed by atoms with Crippen LogP contribution in [0.4, 0.5) is 0 Å². The van der Waals surface area contributed by atoms with Gasteiger partial charge in [-0.3, -0.25) is 4.79 Å². The maximum atomic E-state index is 11.8. The van der Waals surface area contributed by atoms with Gasteiger partial charge in [0.25, 0.3) is 0 Å². The zero-order valence-corrected chi connectivity index (χ0v) is 11.3. The van der Waals surface area contributed by atoms with Crippen LogP contribution in [0.15, 0.2) is 0 Å². The summed E-state index contributed by atoms with van der Waals surface area (Å²) < 4.78 is 21.8. The normalized spacial score (nSPS) is 25.5. The number of hydrogen-bond donors (Lipinski definition) is 2. The molecule has 2 N–H and O–H groups in total. The van der Waals surface area contributed by atoms with Crippen molar-refractivity contribution in [1.29, 1.82) is 0 Å². The molecule has 2 unspecified atom stereocenters. The molecule has 6 heteroatoms. The molecule has 0 aromatic carbocycles. The Labute approximate surface area is 103 Å². The first kappa shape index (κ1) is 14.4. The van der Waals surface area contributed by atoms with Crippen LogP contribution in [-0.4, -0.2) is 46.0 Å². The molecule has 100 valence electrons. The van der Waals surface area contributed by atoms with Gasteiger partial charge < -0.3 is 10.6 Å². The lowest BCUT2D eigenvalue weighted by molar-refractivity contribution is -0.125. The molecule has 1 aliphatic heterocycles. The summed E-state index contributed by atoms with van der Waals surface area (Å²) in [4.78, 5) is 11.8. The van der Waals surface area contributed by atoms with E-state index in [0.717, 1.165) is 19.5 Å². The fourth-order valence-corrected chi connectivity index (χ4v) is 2.72. The van der Waals surface area contributed by atoms with E-state index in [1.165, 1.54) is 6.26 Å². The average molecular weight is 262 g/mol. The minimum atomic E-state index is -2.92. The van der Waals surface area contributed by atoms with Crippen LogP contribution < -0.4 is 10.6 Å². The van der Waals surface area contributed by atoms with Gasteiger partial charge in [-0.05, 0) is 25.3 Å². The van der Waals surface area contributed by atoms with E-state index in [1.54, 1.807) is 0 Å². The molecule has 0 aromatic heterocycles.